The van der Waals surface area contributed by atoms with E-state index in [0.717, 1.165) is 48.3 Å². The summed E-state index contributed by atoms with van der Waals surface area (Å²) in [5.41, 5.74) is 3.95. The molecule has 1 aromatic rings. The summed E-state index contributed by atoms with van der Waals surface area (Å²) >= 11 is 0. The number of hydrogen-bond donors (Lipinski definition) is 1. The van der Waals surface area contributed by atoms with Crippen molar-refractivity contribution >= 4 is 23.5 Å². The Bertz CT molecular complexity index is 733. The van der Waals surface area contributed by atoms with E-state index >= 15 is 0 Å². The van der Waals surface area contributed by atoms with Crippen LogP contribution in [0.4, 0.5) is 10.5 Å². The SMILES string of the molecule is Cc1cc(C)c(NC(=O)N2CCN(CC(=O)N3CCCC3)C(=O)C2)c(C)c1. The number of aryl methyl sites for hydroxylation is 3. The van der Waals surface area contributed by atoms with Gasteiger partial charge in [0.05, 0.1) is 6.54 Å². The number of anilines is 1. The molecule has 2 aliphatic rings. The first-order valence-corrected chi connectivity index (χ1v) is 9.54. The Morgan fingerprint density at radius 1 is 0.963 bits per heavy atom. The summed E-state index contributed by atoms with van der Waals surface area (Å²) in [5.74, 6) is -0.175. The maximum Gasteiger partial charge on any atom is 0.322 e. The number of carbonyl (C=O) groups is 3. The van der Waals surface area contributed by atoms with Crippen LogP contribution in [0.2, 0.25) is 0 Å². The zero-order valence-electron chi connectivity index (χ0n) is 16.4. The van der Waals surface area contributed by atoms with Gasteiger partial charge in [0.15, 0.2) is 0 Å². The highest BCUT2D eigenvalue weighted by Gasteiger charge is 2.30. The van der Waals surface area contributed by atoms with Gasteiger partial charge in [-0.25, -0.2) is 4.79 Å². The van der Waals surface area contributed by atoms with Crippen molar-refractivity contribution in [3.63, 3.8) is 0 Å². The molecule has 27 heavy (non-hydrogen) atoms. The van der Waals surface area contributed by atoms with Crippen molar-refractivity contribution < 1.29 is 14.4 Å². The lowest BCUT2D eigenvalue weighted by Gasteiger charge is -2.34. The van der Waals surface area contributed by atoms with E-state index < -0.39 is 0 Å². The molecule has 2 fully saturated rings. The Morgan fingerprint density at radius 3 is 2.19 bits per heavy atom. The van der Waals surface area contributed by atoms with E-state index in [2.05, 4.69) is 5.32 Å². The number of nitrogens with zero attached hydrogens (tertiary/aromatic N) is 3. The third kappa shape index (κ3) is 4.40. The molecule has 0 unspecified atom stereocenters. The van der Waals surface area contributed by atoms with Gasteiger partial charge in [0.25, 0.3) is 0 Å². The molecule has 0 atom stereocenters. The highest BCUT2D eigenvalue weighted by molar-refractivity contribution is 5.95. The lowest BCUT2D eigenvalue weighted by Crippen LogP contribution is -2.55. The number of piperazine rings is 1. The van der Waals surface area contributed by atoms with Gasteiger partial charge in [-0.3, -0.25) is 9.59 Å². The fraction of sp³-hybridized carbons (Fsp3) is 0.550. The van der Waals surface area contributed by atoms with E-state index in [1.807, 2.05) is 37.8 Å². The molecule has 0 aliphatic carbocycles. The molecule has 0 radical (unpaired) electrons. The number of urea groups is 1. The quantitative estimate of drug-likeness (QED) is 0.881. The summed E-state index contributed by atoms with van der Waals surface area (Å²) in [4.78, 5) is 42.2. The number of rotatable bonds is 3. The number of hydrogen-bond acceptors (Lipinski definition) is 3. The topological polar surface area (TPSA) is 73.0 Å². The zero-order chi connectivity index (χ0) is 19.6. The van der Waals surface area contributed by atoms with Gasteiger partial charge in [-0.15, -0.1) is 0 Å². The Kier molecular flexibility index (Phi) is 5.68. The fourth-order valence-corrected chi connectivity index (χ4v) is 3.84. The molecular formula is C20H28N4O3. The predicted octanol–water partition coefficient (Wildman–Crippen LogP) is 1.91. The molecule has 0 bridgehead atoms. The Hall–Kier alpha value is -2.57. The van der Waals surface area contributed by atoms with E-state index in [0.29, 0.717) is 13.1 Å². The van der Waals surface area contributed by atoms with Crippen molar-refractivity contribution in [2.75, 3.05) is 44.6 Å². The van der Waals surface area contributed by atoms with Gasteiger partial charge in [-0.05, 0) is 44.7 Å². The minimum Gasteiger partial charge on any atom is -0.341 e. The molecule has 2 saturated heterocycles. The van der Waals surface area contributed by atoms with Crippen molar-refractivity contribution in [1.82, 2.24) is 14.7 Å². The van der Waals surface area contributed by atoms with E-state index in [-0.39, 0.29) is 30.9 Å². The van der Waals surface area contributed by atoms with E-state index in [4.69, 9.17) is 0 Å². The summed E-state index contributed by atoms with van der Waals surface area (Å²) < 4.78 is 0. The molecule has 0 aromatic heterocycles. The van der Waals surface area contributed by atoms with Crippen molar-refractivity contribution in [3.05, 3.63) is 28.8 Å². The number of benzene rings is 1. The summed E-state index contributed by atoms with van der Waals surface area (Å²) in [6.07, 6.45) is 2.07. The Balaban J connectivity index is 1.56. The molecule has 7 heteroatoms. The lowest BCUT2D eigenvalue weighted by molar-refractivity contribution is -0.142. The van der Waals surface area contributed by atoms with Crippen LogP contribution in [0.15, 0.2) is 12.1 Å². The van der Waals surface area contributed by atoms with Crippen molar-refractivity contribution in [2.24, 2.45) is 0 Å². The summed E-state index contributed by atoms with van der Waals surface area (Å²) in [6.45, 7) is 8.44. The second-order valence-electron chi connectivity index (χ2n) is 7.53. The molecule has 0 spiro atoms. The maximum atomic E-state index is 12.6. The normalized spacial score (nSPS) is 17.4. The van der Waals surface area contributed by atoms with E-state index in [1.165, 1.54) is 4.90 Å². The molecule has 4 amide bonds. The van der Waals surface area contributed by atoms with Crippen LogP contribution in [-0.4, -0.2) is 71.8 Å². The highest BCUT2D eigenvalue weighted by Crippen LogP contribution is 2.22. The molecule has 3 rings (SSSR count). The largest absolute Gasteiger partial charge is 0.341 e. The van der Waals surface area contributed by atoms with Gasteiger partial charge in [-0.2, -0.15) is 0 Å². The van der Waals surface area contributed by atoms with Crippen LogP contribution in [0.3, 0.4) is 0 Å². The zero-order valence-corrected chi connectivity index (χ0v) is 16.4. The standard InChI is InChI=1S/C20H28N4O3/c1-14-10-15(2)19(16(3)11-14)21-20(27)24-9-8-23(18(26)13-24)12-17(25)22-6-4-5-7-22/h10-11H,4-9,12-13H2,1-3H3,(H,21,27). The van der Waals surface area contributed by atoms with Crippen LogP contribution in [0.25, 0.3) is 0 Å². The van der Waals surface area contributed by atoms with Gasteiger partial charge in [-0.1, -0.05) is 17.7 Å². The second kappa shape index (κ2) is 7.98. The van der Waals surface area contributed by atoms with Gasteiger partial charge in [0, 0.05) is 31.9 Å². The number of amides is 4. The van der Waals surface area contributed by atoms with E-state index in [1.54, 1.807) is 4.90 Å². The third-order valence-corrected chi connectivity index (χ3v) is 5.30. The molecule has 7 nitrogen and oxygen atoms in total. The summed E-state index contributed by atoms with van der Waals surface area (Å²) in [7, 11) is 0. The first-order valence-electron chi connectivity index (χ1n) is 9.54. The molecule has 146 valence electrons. The smallest absolute Gasteiger partial charge is 0.322 e. The predicted molar refractivity (Wildman–Crippen MR) is 104 cm³/mol. The van der Waals surface area contributed by atoms with Gasteiger partial charge >= 0.3 is 6.03 Å². The van der Waals surface area contributed by atoms with Crippen LogP contribution in [0.5, 0.6) is 0 Å². The Labute approximate surface area is 160 Å². The second-order valence-corrected chi connectivity index (χ2v) is 7.53. The fourth-order valence-electron chi connectivity index (χ4n) is 3.84. The lowest BCUT2D eigenvalue weighted by atomic mass is 10.1. The van der Waals surface area contributed by atoms with Crippen LogP contribution >= 0.6 is 0 Å². The average molecular weight is 372 g/mol. The monoisotopic (exact) mass is 372 g/mol. The summed E-state index contributed by atoms with van der Waals surface area (Å²) in [5, 5.41) is 2.94. The van der Waals surface area contributed by atoms with Crippen LogP contribution in [0.1, 0.15) is 29.5 Å². The first-order chi connectivity index (χ1) is 12.8. The van der Waals surface area contributed by atoms with Crippen molar-refractivity contribution in [2.45, 2.75) is 33.6 Å². The molecule has 1 aromatic carbocycles. The molecule has 2 heterocycles. The number of likely N-dealkylation sites (tertiary alicyclic amines) is 1. The highest BCUT2D eigenvalue weighted by atomic mass is 16.2. The van der Waals surface area contributed by atoms with Gasteiger partial charge < -0.3 is 20.0 Å². The third-order valence-electron chi connectivity index (χ3n) is 5.30. The van der Waals surface area contributed by atoms with Gasteiger partial charge in [0.1, 0.15) is 6.54 Å². The van der Waals surface area contributed by atoms with Crippen LogP contribution < -0.4 is 5.32 Å². The maximum absolute atomic E-state index is 12.6. The molecule has 2 aliphatic heterocycles. The van der Waals surface area contributed by atoms with Crippen LogP contribution in [0, 0.1) is 20.8 Å². The minimum atomic E-state index is -0.274. The average Bonchev–Trinajstić information content (AvgIpc) is 3.14. The number of carbonyl (C=O) groups excluding carboxylic acids is 3. The van der Waals surface area contributed by atoms with Gasteiger partial charge in [0.2, 0.25) is 11.8 Å². The van der Waals surface area contributed by atoms with E-state index in [9.17, 15) is 14.4 Å². The first kappa shape index (κ1) is 19.2. The number of nitrogens with one attached hydrogen (secondary N) is 1. The van der Waals surface area contributed by atoms with Crippen molar-refractivity contribution in [3.8, 4) is 0 Å². The van der Waals surface area contributed by atoms with Crippen molar-refractivity contribution in [1.29, 1.82) is 0 Å². The van der Waals surface area contributed by atoms with Crippen LogP contribution in [-0.2, 0) is 9.59 Å². The minimum absolute atomic E-state index is 0.00305. The summed E-state index contributed by atoms with van der Waals surface area (Å²) in [6, 6.07) is 3.77. The molecule has 0 saturated carbocycles. The molecule has 1 N–H and O–H groups in total. The molecular weight excluding hydrogens is 344 g/mol. The Morgan fingerprint density at radius 2 is 1.59 bits per heavy atom.